The molecular weight excluding hydrogens is 582 g/mol. The van der Waals surface area contributed by atoms with E-state index in [-0.39, 0.29) is 17.5 Å². The summed E-state index contributed by atoms with van der Waals surface area (Å²) in [5, 5.41) is 3.39. The number of fused-ring (bicyclic) bond motifs is 2. The molecule has 4 aromatic rings. The molecule has 2 bridgehead atoms. The summed E-state index contributed by atoms with van der Waals surface area (Å²) in [5.41, 5.74) is -1.49. The van der Waals surface area contributed by atoms with Crippen molar-refractivity contribution in [2.24, 2.45) is 10.9 Å². The quantitative estimate of drug-likeness (QED) is 0.223. The van der Waals surface area contributed by atoms with Gasteiger partial charge >= 0.3 is 12.4 Å². The fourth-order valence-electron chi connectivity index (χ4n) is 6.62. The number of rotatable bonds is 6. The number of aliphatic imine (C=N–C) groups is 1. The SMILES string of the molecule is COc1ccc(C2=N[C@@]3(c4ccc(OC)cc4)C[C@@H](c4ccccc4C(F)(F)F)[C@@H]2[C@H](c2ccccc2C(F)(F)F)N3)cc1. The van der Waals surface area contributed by atoms with Crippen molar-refractivity contribution in [3.05, 3.63) is 130 Å². The smallest absolute Gasteiger partial charge is 0.416 e. The number of piperidine rings is 1. The van der Waals surface area contributed by atoms with E-state index in [0.717, 1.165) is 12.1 Å². The first-order valence-electron chi connectivity index (χ1n) is 13.9. The van der Waals surface area contributed by atoms with Crippen LogP contribution in [-0.4, -0.2) is 19.9 Å². The maximum Gasteiger partial charge on any atom is 0.416 e. The minimum absolute atomic E-state index is 0.0137. The third-order valence-corrected chi connectivity index (χ3v) is 8.55. The molecule has 3 heterocycles. The Kier molecular flexibility index (Phi) is 7.44. The molecule has 0 spiro atoms. The lowest BCUT2D eigenvalue weighted by atomic mass is 9.63. The molecule has 4 nitrogen and oxygen atoms in total. The van der Waals surface area contributed by atoms with Crippen molar-refractivity contribution in [3.8, 4) is 11.5 Å². The molecule has 4 atom stereocenters. The summed E-state index contributed by atoms with van der Waals surface area (Å²) in [7, 11) is 3.01. The van der Waals surface area contributed by atoms with Crippen LogP contribution in [0, 0.1) is 5.92 Å². The summed E-state index contributed by atoms with van der Waals surface area (Å²) < 4.78 is 97.4. The molecule has 0 radical (unpaired) electrons. The molecule has 1 N–H and O–H groups in total. The second-order valence-corrected chi connectivity index (χ2v) is 10.9. The van der Waals surface area contributed by atoms with E-state index in [1.807, 2.05) is 0 Å². The molecule has 0 aliphatic carbocycles. The lowest BCUT2D eigenvalue weighted by Crippen LogP contribution is -2.59. The van der Waals surface area contributed by atoms with Crippen molar-refractivity contribution >= 4 is 5.71 Å². The Hall–Kier alpha value is -4.31. The monoisotopic (exact) mass is 610 g/mol. The predicted octanol–water partition coefficient (Wildman–Crippen LogP) is 8.53. The summed E-state index contributed by atoms with van der Waals surface area (Å²) in [5.74, 6) is -0.629. The van der Waals surface area contributed by atoms with Crippen molar-refractivity contribution in [3.63, 3.8) is 0 Å². The van der Waals surface area contributed by atoms with Gasteiger partial charge in [0.15, 0.2) is 0 Å². The topological polar surface area (TPSA) is 42.9 Å². The van der Waals surface area contributed by atoms with Gasteiger partial charge in [-0.05, 0) is 83.1 Å². The molecule has 3 aliphatic rings. The molecule has 1 fully saturated rings. The van der Waals surface area contributed by atoms with Crippen LogP contribution in [0.2, 0.25) is 0 Å². The summed E-state index contributed by atoms with van der Waals surface area (Å²) in [4.78, 5) is 5.13. The van der Waals surface area contributed by atoms with Crippen LogP contribution in [0.4, 0.5) is 26.3 Å². The van der Waals surface area contributed by atoms with Gasteiger partial charge in [-0.1, -0.05) is 48.5 Å². The molecule has 0 amide bonds. The van der Waals surface area contributed by atoms with Gasteiger partial charge in [-0.15, -0.1) is 0 Å². The van der Waals surface area contributed by atoms with E-state index in [4.69, 9.17) is 14.5 Å². The van der Waals surface area contributed by atoms with Gasteiger partial charge in [0.2, 0.25) is 0 Å². The third-order valence-electron chi connectivity index (χ3n) is 8.55. The average Bonchev–Trinajstić information content (AvgIpc) is 3.04. The van der Waals surface area contributed by atoms with Gasteiger partial charge in [0.05, 0.1) is 31.1 Å². The Labute approximate surface area is 250 Å². The maximum absolute atomic E-state index is 14.5. The van der Waals surface area contributed by atoms with Crippen LogP contribution in [0.1, 0.15) is 51.8 Å². The minimum atomic E-state index is -4.70. The number of alkyl halides is 6. The average molecular weight is 611 g/mol. The Morgan fingerprint density at radius 2 is 1.18 bits per heavy atom. The van der Waals surface area contributed by atoms with E-state index in [9.17, 15) is 26.3 Å². The maximum atomic E-state index is 14.5. The number of benzene rings is 4. The first-order valence-corrected chi connectivity index (χ1v) is 13.9. The van der Waals surface area contributed by atoms with Crippen molar-refractivity contribution in [2.45, 2.75) is 36.4 Å². The third kappa shape index (κ3) is 5.21. The van der Waals surface area contributed by atoms with Crippen LogP contribution in [0.5, 0.6) is 11.5 Å². The van der Waals surface area contributed by atoms with Gasteiger partial charge in [-0.3, -0.25) is 10.3 Å². The van der Waals surface area contributed by atoms with Gasteiger partial charge < -0.3 is 9.47 Å². The van der Waals surface area contributed by atoms with E-state index in [0.29, 0.717) is 28.3 Å². The molecule has 7 rings (SSSR count). The lowest BCUT2D eigenvalue weighted by Gasteiger charge is -2.54. The zero-order valence-electron chi connectivity index (χ0n) is 23.7. The Bertz CT molecular complexity index is 1610. The van der Waals surface area contributed by atoms with Gasteiger partial charge in [-0.2, -0.15) is 26.3 Å². The van der Waals surface area contributed by atoms with E-state index >= 15 is 0 Å². The lowest BCUT2D eigenvalue weighted by molar-refractivity contribution is -0.139. The van der Waals surface area contributed by atoms with Crippen molar-refractivity contribution in [1.29, 1.82) is 0 Å². The summed E-state index contributed by atoms with van der Waals surface area (Å²) in [6, 6.07) is 23.2. The summed E-state index contributed by atoms with van der Waals surface area (Å²) in [6.45, 7) is 0. The summed E-state index contributed by atoms with van der Waals surface area (Å²) in [6.07, 6.45) is -9.29. The van der Waals surface area contributed by atoms with E-state index in [1.165, 1.54) is 50.6 Å². The fraction of sp³-hybridized carbons (Fsp3) is 0.265. The van der Waals surface area contributed by atoms with Gasteiger partial charge in [0.1, 0.15) is 17.2 Å². The van der Waals surface area contributed by atoms with Crippen LogP contribution in [0.3, 0.4) is 0 Å². The molecule has 0 unspecified atom stereocenters. The molecule has 3 aliphatic heterocycles. The molecule has 0 aromatic heterocycles. The van der Waals surface area contributed by atoms with Crippen LogP contribution >= 0.6 is 0 Å². The van der Waals surface area contributed by atoms with Crippen molar-refractivity contribution in [2.75, 3.05) is 14.2 Å². The van der Waals surface area contributed by atoms with Crippen LogP contribution in [0.15, 0.2) is 102 Å². The Balaban J connectivity index is 1.65. The molecule has 228 valence electrons. The first-order chi connectivity index (χ1) is 20.9. The van der Waals surface area contributed by atoms with Crippen molar-refractivity contribution < 1.29 is 35.8 Å². The largest absolute Gasteiger partial charge is 0.497 e. The number of nitrogens with zero attached hydrogens (tertiary/aromatic N) is 1. The molecule has 0 saturated carbocycles. The van der Waals surface area contributed by atoms with Crippen molar-refractivity contribution in [1.82, 2.24) is 5.32 Å². The number of ether oxygens (including phenoxy) is 2. The van der Waals surface area contributed by atoms with Gasteiger partial charge in [-0.25, -0.2) is 0 Å². The number of methoxy groups -OCH3 is 2. The molecule has 1 saturated heterocycles. The van der Waals surface area contributed by atoms with E-state index < -0.39 is 47.0 Å². The second-order valence-electron chi connectivity index (χ2n) is 10.9. The highest BCUT2D eigenvalue weighted by molar-refractivity contribution is 6.05. The standard InChI is InChI=1S/C34H28F6N2O2/c1-43-22-15-11-20(12-16-22)30-29-26(24-7-3-5-9-27(24)33(35,36)37)19-32(41-30,21-13-17-23(44-2)18-14-21)42-31(29)25-8-4-6-10-28(25)34(38,39)40/h3-18,26,29,31,42H,19H2,1-2H3/t26-,29-,31-,32-/m0/s1. The Morgan fingerprint density at radius 3 is 1.73 bits per heavy atom. The van der Waals surface area contributed by atoms with Gasteiger partial charge in [0, 0.05) is 12.0 Å². The first kappa shape index (κ1) is 29.7. The molecule has 4 aromatic carbocycles. The normalized spacial score (nSPS) is 23.3. The highest BCUT2D eigenvalue weighted by Crippen LogP contribution is 2.57. The molecule has 44 heavy (non-hydrogen) atoms. The zero-order valence-corrected chi connectivity index (χ0v) is 23.7. The number of halogens is 6. The van der Waals surface area contributed by atoms with Crippen LogP contribution < -0.4 is 14.8 Å². The van der Waals surface area contributed by atoms with E-state index in [1.54, 1.807) is 48.5 Å². The minimum Gasteiger partial charge on any atom is -0.497 e. The predicted molar refractivity (Wildman–Crippen MR) is 154 cm³/mol. The fourth-order valence-corrected chi connectivity index (χ4v) is 6.62. The zero-order chi connectivity index (χ0) is 31.3. The number of hydrogen-bond acceptors (Lipinski definition) is 4. The molecule has 10 heteroatoms. The number of hydrogen-bond donors (Lipinski definition) is 1. The van der Waals surface area contributed by atoms with E-state index in [2.05, 4.69) is 5.32 Å². The number of nitrogens with one attached hydrogen (secondary N) is 1. The Morgan fingerprint density at radius 1 is 0.682 bits per heavy atom. The summed E-state index contributed by atoms with van der Waals surface area (Å²) >= 11 is 0. The second kappa shape index (κ2) is 11.0. The highest BCUT2D eigenvalue weighted by atomic mass is 19.4. The highest BCUT2D eigenvalue weighted by Gasteiger charge is 2.56. The van der Waals surface area contributed by atoms with Crippen LogP contribution in [-0.2, 0) is 18.0 Å². The van der Waals surface area contributed by atoms with Gasteiger partial charge in [0.25, 0.3) is 0 Å². The van der Waals surface area contributed by atoms with Crippen LogP contribution in [0.25, 0.3) is 0 Å². The molecular formula is C34H28F6N2O2.